The molecular weight excluding hydrogens is 351 g/mol. The largest absolute Gasteiger partial charge is 0.463 e. The van der Waals surface area contributed by atoms with E-state index in [9.17, 15) is 4.79 Å². The first-order chi connectivity index (χ1) is 9.23. The molecule has 0 aliphatic heterocycles. The van der Waals surface area contributed by atoms with Gasteiger partial charge in [0.05, 0.1) is 6.61 Å². The molecule has 3 fully saturated rings. The molecule has 0 saturated heterocycles. The minimum Gasteiger partial charge on any atom is -0.463 e. The van der Waals surface area contributed by atoms with Crippen LogP contribution >= 0.6 is 22.6 Å². The van der Waals surface area contributed by atoms with Crippen molar-refractivity contribution in [3.05, 3.63) is 12.2 Å². The highest BCUT2D eigenvalue weighted by molar-refractivity contribution is 14.1. The number of carbonyl (C=O) groups excluding carboxylic acids is 1. The first-order valence-electron chi connectivity index (χ1n) is 7.64. The summed E-state index contributed by atoms with van der Waals surface area (Å²) in [4.78, 5) is 11.5. The second-order valence-electron chi connectivity index (χ2n) is 6.41. The number of halogens is 1. The highest BCUT2D eigenvalue weighted by atomic mass is 127. The molecule has 3 saturated carbocycles. The predicted molar refractivity (Wildman–Crippen MR) is 84.1 cm³/mol. The molecule has 3 heteroatoms. The molecule has 0 radical (unpaired) electrons. The summed E-state index contributed by atoms with van der Waals surface area (Å²) in [5.74, 6) is 3.25. The van der Waals surface area contributed by atoms with Crippen LogP contribution in [0.15, 0.2) is 12.2 Å². The quantitative estimate of drug-likeness (QED) is 0.322. The van der Waals surface area contributed by atoms with E-state index in [-0.39, 0.29) is 5.97 Å². The van der Waals surface area contributed by atoms with Crippen LogP contribution in [-0.2, 0) is 9.53 Å². The standard InChI is InChI=1S/C16H23IO2/c1-2-19-14(18)7-6-11-8-9-16(10-17)13-5-3-4-12(13)15(11)16/h6-7,11-13,15H,2-5,8-10H2,1H3/b7-6+/t11-,12+,13-,15-,16-/m1/s1. The maximum atomic E-state index is 11.5. The van der Waals surface area contributed by atoms with Crippen molar-refractivity contribution in [1.82, 2.24) is 0 Å². The number of carbonyl (C=O) groups is 1. The number of fused-ring (bicyclic) bond motifs is 4. The SMILES string of the molecule is CCOC(=O)/C=C/[C@@H]1CC[C@]2(CI)[C@H]1[C@H]1CCC[C@H]12. The molecule has 0 bridgehead atoms. The summed E-state index contributed by atoms with van der Waals surface area (Å²) < 4.78 is 6.30. The molecule has 106 valence electrons. The Morgan fingerprint density at radius 1 is 1.42 bits per heavy atom. The highest BCUT2D eigenvalue weighted by Crippen LogP contribution is 2.72. The molecule has 19 heavy (non-hydrogen) atoms. The molecular formula is C16H23IO2. The zero-order valence-electron chi connectivity index (χ0n) is 11.6. The lowest BCUT2D eigenvalue weighted by Crippen LogP contribution is -2.54. The molecule has 3 aliphatic carbocycles. The van der Waals surface area contributed by atoms with Crippen LogP contribution in [0.2, 0.25) is 0 Å². The van der Waals surface area contributed by atoms with Crippen LogP contribution in [-0.4, -0.2) is 17.0 Å². The molecule has 0 unspecified atom stereocenters. The molecule has 3 rings (SSSR count). The van der Waals surface area contributed by atoms with Crippen molar-refractivity contribution in [3.8, 4) is 0 Å². The second-order valence-corrected chi connectivity index (χ2v) is 7.17. The Morgan fingerprint density at radius 2 is 2.26 bits per heavy atom. The van der Waals surface area contributed by atoms with Crippen molar-refractivity contribution in [3.63, 3.8) is 0 Å². The smallest absolute Gasteiger partial charge is 0.330 e. The van der Waals surface area contributed by atoms with Crippen molar-refractivity contribution in [2.45, 2.75) is 39.0 Å². The van der Waals surface area contributed by atoms with Crippen LogP contribution in [0.5, 0.6) is 0 Å². The van der Waals surface area contributed by atoms with Gasteiger partial charge in [-0.25, -0.2) is 4.79 Å². The van der Waals surface area contributed by atoms with Gasteiger partial charge in [0.1, 0.15) is 0 Å². The van der Waals surface area contributed by atoms with Crippen molar-refractivity contribution >= 4 is 28.6 Å². The van der Waals surface area contributed by atoms with E-state index in [1.54, 1.807) is 6.08 Å². The van der Waals surface area contributed by atoms with Gasteiger partial charge in [0.2, 0.25) is 0 Å². The van der Waals surface area contributed by atoms with E-state index in [1.165, 1.54) is 36.5 Å². The fourth-order valence-electron chi connectivity index (χ4n) is 5.26. The van der Waals surface area contributed by atoms with Gasteiger partial charge < -0.3 is 4.74 Å². The maximum Gasteiger partial charge on any atom is 0.330 e. The van der Waals surface area contributed by atoms with E-state index in [1.807, 2.05) is 6.92 Å². The summed E-state index contributed by atoms with van der Waals surface area (Å²) >= 11 is 2.60. The normalized spacial score (nSPS) is 43.9. The topological polar surface area (TPSA) is 26.3 Å². The fraction of sp³-hybridized carbons (Fsp3) is 0.812. The molecule has 0 amide bonds. The Kier molecular flexibility index (Phi) is 3.93. The van der Waals surface area contributed by atoms with Crippen molar-refractivity contribution < 1.29 is 9.53 Å². The van der Waals surface area contributed by atoms with Crippen LogP contribution in [0.4, 0.5) is 0 Å². The van der Waals surface area contributed by atoms with Crippen molar-refractivity contribution in [2.24, 2.45) is 29.1 Å². The van der Waals surface area contributed by atoms with E-state index < -0.39 is 0 Å². The Labute approximate surface area is 129 Å². The average Bonchev–Trinajstić information content (AvgIpc) is 2.94. The Morgan fingerprint density at radius 3 is 3.00 bits per heavy atom. The molecule has 0 aromatic rings. The number of rotatable bonds is 4. The van der Waals surface area contributed by atoms with Crippen LogP contribution in [0.1, 0.15) is 39.0 Å². The van der Waals surface area contributed by atoms with Gasteiger partial charge in [0.15, 0.2) is 0 Å². The molecule has 0 N–H and O–H groups in total. The minimum atomic E-state index is -0.170. The Balaban J connectivity index is 1.70. The molecule has 5 atom stereocenters. The van der Waals surface area contributed by atoms with Crippen LogP contribution < -0.4 is 0 Å². The maximum absolute atomic E-state index is 11.5. The minimum absolute atomic E-state index is 0.170. The van der Waals surface area contributed by atoms with Gasteiger partial charge in [-0.3, -0.25) is 0 Å². The lowest BCUT2D eigenvalue weighted by Gasteiger charge is -2.57. The first kappa shape index (κ1) is 13.9. The summed E-state index contributed by atoms with van der Waals surface area (Å²) in [7, 11) is 0. The number of hydrogen-bond acceptors (Lipinski definition) is 2. The van der Waals surface area contributed by atoms with Gasteiger partial charge in [-0.05, 0) is 61.7 Å². The monoisotopic (exact) mass is 374 g/mol. The van der Waals surface area contributed by atoms with E-state index >= 15 is 0 Å². The number of esters is 1. The van der Waals surface area contributed by atoms with Crippen LogP contribution in [0.25, 0.3) is 0 Å². The number of allylic oxidation sites excluding steroid dienone is 1. The fourth-order valence-corrected chi connectivity index (χ4v) is 6.72. The predicted octanol–water partition coefficient (Wildman–Crippen LogP) is 3.98. The van der Waals surface area contributed by atoms with Crippen molar-refractivity contribution in [1.29, 1.82) is 0 Å². The molecule has 0 heterocycles. The van der Waals surface area contributed by atoms with Gasteiger partial charge in [0.25, 0.3) is 0 Å². The molecule has 0 aromatic carbocycles. The van der Waals surface area contributed by atoms with Crippen molar-refractivity contribution in [2.75, 3.05) is 11.0 Å². The van der Waals surface area contributed by atoms with E-state index in [4.69, 9.17) is 4.74 Å². The zero-order chi connectivity index (χ0) is 13.5. The summed E-state index contributed by atoms with van der Waals surface area (Å²) in [6, 6.07) is 0. The third-order valence-electron chi connectivity index (χ3n) is 5.85. The number of hydrogen-bond donors (Lipinski definition) is 0. The van der Waals surface area contributed by atoms with Gasteiger partial charge in [0, 0.05) is 10.5 Å². The van der Waals surface area contributed by atoms with E-state index in [0.29, 0.717) is 17.9 Å². The first-order valence-corrected chi connectivity index (χ1v) is 9.16. The van der Waals surface area contributed by atoms with Gasteiger partial charge in [-0.1, -0.05) is 35.1 Å². The molecule has 0 spiro atoms. The molecule has 2 nitrogen and oxygen atoms in total. The lowest BCUT2D eigenvalue weighted by molar-refractivity contribution is -0.137. The Bertz CT molecular complexity index is 392. The second kappa shape index (κ2) is 5.38. The third-order valence-corrected chi connectivity index (χ3v) is 7.27. The van der Waals surface area contributed by atoms with E-state index in [2.05, 4.69) is 28.7 Å². The zero-order valence-corrected chi connectivity index (χ0v) is 13.8. The van der Waals surface area contributed by atoms with Gasteiger partial charge in [-0.15, -0.1) is 0 Å². The summed E-state index contributed by atoms with van der Waals surface area (Å²) in [6.07, 6.45) is 10.8. The summed E-state index contributed by atoms with van der Waals surface area (Å²) in [6.45, 7) is 2.33. The number of ether oxygens (including phenoxy) is 1. The highest BCUT2D eigenvalue weighted by Gasteiger charge is 2.66. The van der Waals surface area contributed by atoms with Gasteiger partial charge in [-0.2, -0.15) is 0 Å². The van der Waals surface area contributed by atoms with Crippen LogP contribution in [0, 0.1) is 29.1 Å². The molecule has 0 aromatic heterocycles. The van der Waals surface area contributed by atoms with E-state index in [0.717, 1.165) is 17.8 Å². The van der Waals surface area contributed by atoms with Gasteiger partial charge >= 0.3 is 5.97 Å². The van der Waals surface area contributed by atoms with Crippen LogP contribution in [0.3, 0.4) is 0 Å². The average molecular weight is 374 g/mol. The summed E-state index contributed by atoms with van der Waals surface area (Å²) in [5, 5.41) is 0. The molecule has 3 aliphatic rings. The third kappa shape index (κ3) is 2.07. The Hall–Kier alpha value is -0.0600. The lowest BCUT2D eigenvalue weighted by atomic mass is 9.48. The summed E-state index contributed by atoms with van der Waals surface area (Å²) in [5.41, 5.74) is 0.616. The number of alkyl halides is 1.